The van der Waals surface area contributed by atoms with Crippen molar-refractivity contribution in [2.45, 2.75) is 52.6 Å². The molecule has 1 aliphatic heterocycles. The average Bonchev–Trinajstić information content (AvgIpc) is 2.68. The number of likely N-dealkylation sites (tertiary alicyclic amines) is 1. The van der Waals surface area contributed by atoms with Crippen molar-refractivity contribution in [3.63, 3.8) is 0 Å². The van der Waals surface area contributed by atoms with E-state index in [-0.39, 0.29) is 35.7 Å². The Bertz CT molecular complexity index is 935. The fraction of sp³-hybridized carbons (Fsp3) is 0.524. The molecule has 0 saturated carbocycles. The van der Waals surface area contributed by atoms with Crippen molar-refractivity contribution in [1.29, 1.82) is 0 Å². The average molecular weight is 385 g/mol. The van der Waals surface area contributed by atoms with Gasteiger partial charge in [-0.2, -0.15) is 5.10 Å². The van der Waals surface area contributed by atoms with Gasteiger partial charge in [0.15, 0.2) is 12.3 Å². The van der Waals surface area contributed by atoms with Crippen molar-refractivity contribution in [2.75, 3.05) is 13.2 Å². The van der Waals surface area contributed by atoms with Gasteiger partial charge in [0.2, 0.25) is 0 Å². The quantitative estimate of drug-likeness (QED) is 0.739. The third kappa shape index (κ3) is 4.24. The standard InChI is InChI=1S/C21H27N3O4/c1-14(2)12-24-20(26)17-10-5-4-9-16(17)19(22-24)21(27)28-13-18(25)23-11-7-6-8-15(23)3/h4-5,9-10,14-15H,6-8,11-13H2,1-3H3/t15-/m1/s1. The monoisotopic (exact) mass is 385 g/mol. The molecule has 1 aliphatic rings. The molecule has 0 aliphatic carbocycles. The summed E-state index contributed by atoms with van der Waals surface area (Å²) in [6.07, 6.45) is 3.04. The molecule has 1 fully saturated rings. The molecule has 0 unspecified atom stereocenters. The zero-order valence-electron chi connectivity index (χ0n) is 16.7. The Balaban J connectivity index is 1.83. The highest BCUT2D eigenvalue weighted by Crippen LogP contribution is 2.18. The number of benzene rings is 1. The minimum absolute atomic E-state index is 0.0651. The van der Waals surface area contributed by atoms with Crippen LogP contribution in [0.3, 0.4) is 0 Å². The molecule has 2 heterocycles. The first kappa shape index (κ1) is 20.0. The maximum atomic E-state index is 12.7. The molecule has 150 valence electrons. The van der Waals surface area contributed by atoms with Gasteiger partial charge < -0.3 is 9.64 Å². The summed E-state index contributed by atoms with van der Waals surface area (Å²) in [5.41, 5.74) is -0.172. The fourth-order valence-corrected chi connectivity index (χ4v) is 3.60. The Morgan fingerprint density at radius 2 is 1.93 bits per heavy atom. The van der Waals surface area contributed by atoms with Gasteiger partial charge in [-0.1, -0.05) is 32.0 Å². The van der Waals surface area contributed by atoms with Gasteiger partial charge in [0.1, 0.15) is 0 Å². The number of nitrogens with zero attached hydrogens (tertiary/aromatic N) is 3. The SMILES string of the molecule is CC(C)Cn1nc(C(=O)OCC(=O)N2CCCC[C@H]2C)c2ccccc2c1=O. The Labute approximate surface area is 164 Å². The van der Waals surface area contributed by atoms with Gasteiger partial charge in [0, 0.05) is 24.5 Å². The third-order valence-electron chi connectivity index (χ3n) is 5.05. The molecule has 1 amide bonds. The maximum Gasteiger partial charge on any atom is 0.359 e. The summed E-state index contributed by atoms with van der Waals surface area (Å²) in [6.45, 7) is 6.73. The molecule has 2 aromatic rings. The molecule has 0 bridgehead atoms. The fourth-order valence-electron chi connectivity index (χ4n) is 3.60. The van der Waals surface area contributed by atoms with E-state index in [9.17, 15) is 14.4 Å². The summed E-state index contributed by atoms with van der Waals surface area (Å²) in [7, 11) is 0. The number of piperidine rings is 1. The topological polar surface area (TPSA) is 81.5 Å². The van der Waals surface area contributed by atoms with Crippen LogP contribution < -0.4 is 5.56 Å². The van der Waals surface area contributed by atoms with Crippen molar-refractivity contribution in [2.24, 2.45) is 5.92 Å². The Morgan fingerprint density at radius 3 is 2.61 bits per heavy atom. The molecule has 28 heavy (non-hydrogen) atoms. The maximum absolute atomic E-state index is 12.7. The summed E-state index contributed by atoms with van der Waals surface area (Å²) in [4.78, 5) is 39.6. The number of carbonyl (C=O) groups excluding carboxylic acids is 2. The van der Waals surface area contributed by atoms with Gasteiger partial charge in [-0.3, -0.25) is 9.59 Å². The highest BCUT2D eigenvalue weighted by molar-refractivity contribution is 6.02. The number of ether oxygens (including phenoxy) is 1. The molecular formula is C21H27N3O4. The lowest BCUT2D eigenvalue weighted by molar-refractivity contribution is -0.137. The van der Waals surface area contributed by atoms with Crippen LogP contribution in [0.4, 0.5) is 0 Å². The zero-order chi connectivity index (χ0) is 20.3. The van der Waals surface area contributed by atoms with Crippen LogP contribution in [0.5, 0.6) is 0 Å². The number of hydrogen-bond acceptors (Lipinski definition) is 5. The summed E-state index contributed by atoms with van der Waals surface area (Å²) in [5, 5.41) is 5.11. The van der Waals surface area contributed by atoms with Crippen LogP contribution in [0, 0.1) is 5.92 Å². The minimum atomic E-state index is -0.688. The molecular weight excluding hydrogens is 358 g/mol. The molecule has 7 nitrogen and oxygen atoms in total. The van der Waals surface area contributed by atoms with Gasteiger partial charge in [-0.05, 0) is 38.2 Å². The van der Waals surface area contributed by atoms with Gasteiger partial charge in [-0.25, -0.2) is 9.48 Å². The van der Waals surface area contributed by atoms with E-state index in [1.165, 1.54) is 4.68 Å². The second-order valence-corrected chi connectivity index (χ2v) is 7.78. The van der Waals surface area contributed by atoms with Gasteiger partial charge in [0.05, 0.1) is 5.39 Å². The van der Waals surface area contributed by atoms with Crippen molar-refractivity contribution < 1.29 is 14.3 Å². The van der Waals surface area contributed by atoms with Crippen molar-refractivity contribution in [3.05, 3.63) is 40.3 Å². The summed E-state index contributed by atoms with van der Waals surface area (Å²) in [5.74, 6) is -0.690. The van der Waals surface area contributed by atoms with Crippen LogP contribution >= 0.6 is 0 Å². The lowest BCUT2D eigenvalue weighted by atomic mass is 10.0. The predicted molar refractivity (Wildman–Crippen MR) is 106 cm³/mol. The van der Waals surface area contributed by atoms with E-state index in [0.29, 0.717) is 23.9 Å². The van der Waals surface area contributed by atoms with Crippen molar-refractivity contribution >= 4 is 22.6 Å². The Morgan fingerprint density at radius 1 is 1.21 bits per heavy atom. The number of aromatic nitrogens is 2. The molecule has 1 aromatic heterocycles. The normalized spacial score (nSPS) is 17.1. The number of rotatable bonds is 5. The largest absolute Gasteiger partial charge is 0.451 e. The lowest BCUT2D eigenvalue weighted by Gasteiger charge is -2.33. The van der Waals surface area contributed by atoms with Crippen molar-refractivity contribution in [1.82, 2.24) is 14.7 Å². The second kappa shape index (κ2) is 8.54. The Hall–Kier alpha value is -2.70. The second-order valence-electron chi connectivity index (χ2n) is 7.78. The van der Waals surface area contributed by atoms with E-state index < -0.39 is 5.97 Å². The molecule has 0 radical (unpaired) electrons. The zero-order valence-corrected chi connectivity index (χ0v) is 16.7. The summed E-state index contributed by atoms with van der Waals surface area (Å²) in [6, 6.07) is 7.00. The van der Waals surface area contributed by atoms with Crippen LogP contribution in [-0.4, -0.2) is 45.8 Å². The minimum Gasteiger partial charge on any atom is -0.451 e. The summed E-state index contributed by atoms with van der Waals surface area (Å²) >= 11 is 0. The summed E-state index contributed by atoms with van der Waals surface area (Å²) < 4.78 is 6.60. The van der Waals surface area contributed by atoms with E-state index in [4.69, 9.17) is 4.74 Å². The molecule has 1 saturated heterocycles. The van der Waals surface area contributed by atoms with Crippen LogP contribution in [0.15, 0.2) is 29.1 Å². The highest BCUT2D eigenvalue weighted by atomic mass is 16.5. The van der Waals surface area contributed by atoms with E-state index in [2.05, 4.69) is 5.10 Å². The molecule has 7 heteroatoms. The number of amides is 1. The first-order chi connectivity index (χ1) is 13.4. The number of fused-ring (bicyclic) bond motifs is 1. The van der Waals surface area contributed by atoms with Crippen LogP contribution in [0.1, 0.15) is 50.5 Å². The number of carbonyl (C=O) groups is 2. The molecule has 1 atom stereocenters. The molecule has 0 N–H and O–H groups in total. The van der Waals surface area contributed by atoms with E-state index in [0.717, 1.165) is 19.3 Å². The predicted octanol–water partition coefficient (Wildman–Crippen LogP) is 2.61. The van der Waals surface area contributed by atoms with Crippen LogP contribution in [0.2, 0.25) is 0 Å². The molecule has 1 aromatic carbocycles. The number of hydrogen-bond donors (Lipinski definition) is 0. The van der Waals surface area contributed by atoms with E-state index >= 15 is 0 Å². The third-order valence-corrected chi connectivity index (χ3v) is 5.05. The van der Waals surface area contributed by atoms with Crippen molar-refractivity contribution in [3.8, 4) is 0 Å². The van der Waals surface area contributed by atoms with Crippen LogP contribution in [0.25, 0.3) is 10.8 Å². The first-order valence-corrected chi connectivity index (χ1v) is 9.85. The molecule has 3 rings (SSSR count). The lowest BCUT2D eigenvalue weighted by Crippen LogP contribution is -2.44. The highest BCUT2D eigenvalue weighted by Gasteiger charge is 2.25. The first-order valence-electron chi connectivity index (χ1n) is 9.85. The van der Waals surface area contributed by atoms with E-state index in [1.54, 1.807) is 29.2 Å². The Kier molecular flexibility index (Phi) is 6.11. The van der Waals surface area contributed by atoms with E-state index in [1.807, 2.05) is 20.8 Å². The smallest absolute Gasteiger partial charge is 0.359 e. The number of esters is 1. The van der Waals surface area contributed by atoms with Crippen LogP contribution in [-0.2, 0) is 16.1 Å². The van der Waals surface area contributed by atoms with Gasteiger partial charge in [-0.15, -0.1) is 0 Å². The molecule has 0 spiro atoms. The van der Waals surface area contributed by atoms with Gasteiger partial charge >= 0.3 is 5.97 Å². The van der Waals surface area contributed by atoms with Gasteiger partial charge in [0.25, 0.3) is 11.5 Å².